The Kier molecular flexibility index (Phi) is 3.18. The first-order valence-electron chi connectivity index (χ1n) is 5.52. The van der Waals surface area contributed by atoms with Crippen molar-refractivity contribution in [3.8, 4) is 0 Å². The van der Waals surface area contributed by atoms with Gasteiger partial charge in [0, 0.05) is 17.5 Å². The highest BCUT2D eigenvalue weighted by atomic mass is 32.1. The molecule has 0 aliphatic rings. The summed E-state index contributed by atoms with van der Waals surface area (Å²) in [6, 6.07) is 0. The van der Waals surface area contributed by atoms with Crippen LogP contribution in [-0.4, -0.2) is 19.7 Å². The molecule has 2 heterocycles. The van der Waals surface area contributed by atoms with E-state index in [1.807, 2.05) is 11.6 Å². The third-order valence-corrected chi connectivity index (χ3v) is 4.09. The molecule has 0 bridgehead atoms. The van der Waals surface area contributed by atoms with Gasteiger partial charge in [0.1, 0.15) is 10.8 Å². The fraction of sp³-hybridized carbons (Fsp3) is 0.545. The molecule has 1 N–H and O–H groups in total. The highest BCUT2D eigenvalue weighted by Gasteiger charge is 2.30. The molecule has 2 aromatic rings. The minimum Gasteiger partial charge on any atom is -0.292 e. The van der Waals surface area contributed by atoms with Crippen molar-refractivity contribution in [2.24, 2.45) is 0 Å². The van der Waals surface area contributed by atoms with Crippen LogP contribution in [0, 0.1) is 4.77 Å². The standard InChI is InChI=1S/C11H16N4S2/c1-7(2)8-13-14-10(16)15(8)11(3,4)9-12-5-6-17-9/h5-7H,1-4H3,(H,14,16). The van der Waals surface area contributed by atoms with Gasteiger partial charge >= 0.3 is 0 Å². The summed E-state index contributed by atoms with van der Waals surface area (Å²) in [7, 11) is 0. The van der Waals surface area contributed by atoms with E-state index >= 15 is 0 Å². The van der Waals surface area contributed by atoms with Gasteiger partial charge in [0.2, 0.25) is 0 Å². The van der Waals surface area contributed by atoms with E-state index in [9.17, 15) is 0 Å². The normalized spacial score (nSPS) is 12.3. The Morgan fingerprint density at radius 3 is 2.71 bits per heavy atom. The first-order valence-corrected chi connectivity index (χ1v) is 6.81. The van der Waals surface area contributed by atoms with Crippen LogP contribution >= 0.6 is 23.6 Å². The van der Waals surface area contributed by atoms with Gasteiger partial charge in [-0.2, -0.15) is 5.10 Å². The lowest BCUT2D eigenvalue weighted by molar-refractivity contribution is 0.405. The molecule has 92 valence electrons. The Labute approximate surface area is 110 Å². The largest absolute Gasteiger partial charge is 0.292 e. The number of aromatic nitrogens is 4. The van der Waals surface area contributed by atoms with Crippen molar-refractivity contribution in [1.82, 2.24) is 19.7 Å². The molecular weight excluding hydrogens is 252 g/mol. The van der Waals surface area contributed by atoms with Crippen LogP contribution in [0.15, 0.2) is 11.6 Å². The second-order valence-electron chi connectivity index (χ2n) is 4.77. The van der Waals surface area contributed by atoms with Crippen molar-refractivity contribution in [2.45, 2.75) is 39.2 Å². The highest BCUT2D eigenvalue weighted by molar-refractivity contribution is 7.71. The van der Waals surface area contributed by atoms with Gasteiger partial charge in [-0.1, -0.05) is 13.8 Å². The molecule has 6 heteroatoms. The van der Waals surface area contributed by atoms with Crippen LogP contribution in [0.4, 0.5) is 0 Å². The summed E-state index contributed by atoms with van der Waals surface area (Å²) in [5, 5.41) is 10.2. The maximum Gasteiger partial charge on any atom is 0.196 e. The van der Waals surface area contributed by atoms with Gasteiger partial charge in [-0.05, 0) is 26.1 Å². The number of nitrogens with one attached hydrogen (secondary N) is 1. The molecular formula is C11H16N4S2. The first kappa shape index (κ1) is 12.4. The zero-order chi connectivity index (χ0) is 12.6. The van der Waals surface area contributed by atoms with Crippen LogP contribution in [0.1, 0.15) is 44.4 Å². The summed E-state index contributed by atoms with van der Waals surface area (Å²) in [6.45, 7) is 8.45. The molecule has 4 nitrogen and oxygen atoms in total. The molecule has 2 rings (SSSR count). The van der Waals surface area contributed by atoms with Gasteiger partial charge in [-0.25, -0.2) is 4.98 Å². The molecule has 0 unspecified atom stereocenters. The highest BCUT2D eigenvalue weighted by Crippen LogP contribution is 2.30. The van der Waals surface area contributed by atoms with E-state index in [1.165, 1.54) is 0 Å². The fourth-order valence-corrected chi connectivity index (χ4v) is 2.98. The molecule has 0 atom stereocenters. The van der Waals surface area contributed by atoms with E-state index in [4.69, 9.17) is 12.2 Å². The van der Waals surface area contributed by atoms with Crippen LogP contribution in [0.25, 0.3) is 0 Å². The Morgan fingerprint density at radius 1 is 1.47 bits per heavy atom. The zero-order valence-electron chi connectivity index (χ0n) is 10.4. The zero-order valence-corrected chi connectivity index (χ0v) is 12.0. The number of rotatable bonds is 3. The average Bonchev–Trinajstić information content (AvgIpc) is 2.84. The van der Waals surface area contributed by atoms with Crippen molar-refractivity contribution in [3.05, 3.63) is 27.2 Å². The van der Waals surface area contributed by atoms with Crippen LogP contribution < -0.4 is 0 Å². The maximum atomic E-state index is 5.34. The molecule has 0 aromatic carbocycles. The van der Waals surface area contributed by atoms with Crippen LogP contribution in [0.3, 0.4) is 0 Å². The number of hydrogen-bond donors (Lipinski definition) is 1. The predicted molar refractivity (Wildman–Crippen MR) is 72.0 cm³/mol. The second-order valence-corrected chi connectivity index (χ2v) is 6.05. The lowest BCUT2D eigenvalue weighted by atomic mass is 10.0. The second kappa shape index (κ2) is 4.34. The summed E-state index contributed by atoms with van der Waals surface area (Å²) in [4.78, 5) is 4.40. The van der Waals surface area contributed by atoms with E-state index in [1.54, 1.807) is 11.3 Å². The molecule has 0 amide bonds. The molecule has 0 radical (unpaired) electrons. The van der Waals surface area contributed by atoms with E-state index in [2.05, 4.69) is 47.4 Å². The van der Waals surface area contributed by atoms with Gasteiger partial charge < -0.3 is 0 Å². The SMILES string of the molecule is CC(C)c1n[nH]c(=S)n1C(C)(C)c1nccs1. The van der Waals surface area contributed by atoms with Gasteiger partial charge in [-0.3, -0.25) is 9.67 Å². The smallest absolute Gasteiger partial charge is 0.196 e. The molecule has 0 aliphatic heterocycles. The summed E-state index contributed by atoms with van der Waals surface area (Å²) in [5.74, 6) is 1.29. The average molecular weight is 268 g/mol. The van der Waals surface area contributed by atoms with E-state index in [0.29, 0.717) is 10.7 Å². The monoisotopic (exact) mass is 268 g/mol. The van der Waals surface area contributed by atoms with Crippen molar-refractivity contribution >= 4 is 23.6 Å². The number of aromatic amines is 1. The van der Waals surface area contributed by atoms with Gasteiger partial charge in [0.15, 0.2) is 4.77 Å². The maximum absolute atomic E-state index is 5.34. The summed E-state index contributed by atoms with van der Waals surface area (Å²) in [6.07, 6.45) is 1.82. The van der Waals surface area contributed by atoms with E-state index in [0.717, 1.165) is 10.8 Å². The van der Waals surface area contributed by atoms with Crippen LogP contribution in [0.2, 0.25) is 0 Å². The molecule has 17 heavy (non-hydrogen) atoms. The number of nitrogens with zero attached hydrogens (tertiary/aromatic N) is 3. The molecule has 0 aliphatic carbocycles. The van der Waals surface area contributed by atoms with Crippen molar-refractivity contribution in [2.75, 3.05) is 0 Å². The van der Waals surface area contributed by atoms with Crippen LogP contribution in [0.5, 0.6) is 0 Å². The van der Waals surface area contributed by atoms with Crippen molar-refractivity contribution < 1.29 is 0 Å². The first-order chi connectivity index (χ1) is 7.94. The predicted octanol–water partition coefficient (Wildman–Crippen LogP) is 3.30. The third-order valence-electron chi connectivity index (χ3n) is 2.73. The topological polar surface area (TPSA) is 46.5 Å². The van der Waals surface area contributed by atoms with Gasteiger partial charge in [0.25, 0.3) is 0 Å². The molecule has 0 spiro atoms. The Balaban J connectivity index is 2.61. The minimum atomic E-state index is -0.266. The Hall–Kier alpha value is -1.01. The van der Waals surface area contributed by atoms with Gasteiger partial charge in [0.05, 0.1) is 5.54 Å². The number of H-pyrrole nitrogens is 1. The lowest BCUT2D eigenvalue weighted by Gasteiger charge is -2.26. The van der Waals surface area contributed by atoms with E-state index in [-0.39, 0.29) is 5.54 Å². The van der Waals surface area contributed by atoms with Gasteiger partial charge in [-0.15, -0.1) is 11.3 Å². The Bertz CT molecular complexity index is 548. The summed E-state index contributed by atoms with van der Waals surface area (Å²) >= 11 is 6.97. The quantitative estimate of drug-likeness (QED) is 0.869. The molecule has 0 fully saturated rings. The molecule has 2 aromatic heterocycles. The van der Waals surface area contributed by atoms with Crippen molar-refractivity contribution in [3.63, 3.8) is 0 Å². The lowest BCUT2D eigenvalue weighted by Crippen LogP contribution is -2.30. The number of thiazole rings is 1. The summed E-state index contributed by atoms with van der Waals surface area (Å²) in [5.41, 5.74) is -0.266. The molecule has 0 saturated heterocycles. The Morgan fingerprint density at radius 2 is 2.18 bits per heavy atom. The fourth-order valence-electron chi connectivity index (χ4n) is 1.86. The minimum absolute atomic E-state index is 0.266. The number of hydrogen-bond acceptors (Lipinski definition) is 4. The van der Waals surface area contributed by atoms with E-state index < -0.39 is 0 Å². The summed E-state index contributed by atoms with van der Waals surface area (Å²) < 4.78 is 2.71. The molecule has 0 saturated carbocycles. The van der Waals surface area contributed by atoms with Crippen LogP contribution in [-0.2, 0) is 5.54 Å². The third kappa shape index (κ3) is 2.07. The van der Waals surface area contributed by atoms with Crippen molar-refractivity contribution in [1.29, 1.82) is 0 Å².